The molecule has 2 aliphatic rings. The molecule has 7 nitrogen and oxygen atoms in total. The molecule has 1 fully saturated rings. The Balaban J connectivity index is 1.48. The van der Waals surface area contributed by atoms with E-state index in [0.717, 1.165) is 49.5 Å². The van der Waals surface area contributed by atoms with Crippen LogP contribution in [-0.2, 0) is 13.1 Å². The van der Waals surface area contributed by atoms with E-state index in [1.165, 1.54) is 6.26 Å². The summed E-state index contributed by atoms with van der Waals surface area (Å²) in [6.45, 7) is 9.77. The molecule has 0 radical (unpaired) electrons. The van der Waals surface area contributed by atoms with Crippen molar-refractivity contribution in [2.24, 2.45) is 5.92 Å². The van der Waals surface area contributed by atoms with E-state index in [9.17, 15) is 4.79 Å². The number of aromatic nitrogens is 1. The van der Waals surface area contributed by atoms with Gasteiger partial charge in [0.25, 0.3) is 5.91 Å². The van der Waals surface area contributed by atoms with Crippen LogP contribution in [-0.4, -0.2) is 46.6 Å². The number of nitrogens with zero attached hydrogens (tertiary/aromatic N) is 3. The van der Waals surface area contributed by atoms with Crippen molar-refractivity contribution in [3.05, 3.63) is 41.6 Å². The van der Waals surface area contributed by atoms with E-state index in [4.69, 9.17) is 13.9 Å². The third-order valence-corrected chi connectivity index (χ3v) is 5.87. The Hall–Kier alpha value is -2.54. The Kier molecular flexibility index (Phi) is 5.76. The molecule has 1 saturated heterocycles. The summed E-state index contributed by atoms with van der Waals surface area (Å²) in [4.78, 5) is 21.2. The molecule has 4 rings (SSSR count). The Labute approximate surface area is 171 Å². The van der Waals surface area contributed by atoms with Gasteiger partial charge in [-0.1, -0.05) is 19.9 Å². The number of carbonyl (C=O) groups is 1. The van der Waals surface area contributed by atoms with Crippen LogP contribution in [0.1, 0.15) is 55.6 Å². The average molecular weight is 399 g/mol. The predicted molar refractivity (Wildman–Crippen MR) is 108 cm³/mol. The molecule has 0 saturated carbocycles. The quantitative estimate of drug-likeness (QED) is 0.707. The standard InChI is InChI=1S/C22H29N3O4/c1-15(2)16(3)25(11-17-6-7-19-20(10-17)29-14-28-19)12-21-23-18(13-27-21)22(26)24-8-4-5-9-24/h6-7,10,13,15-16H,4-5,8-9,11-12,14H2,1-3H3. The first kappa shape index (κ1) is 19.8. The van der Waals surface area contributed by atoms with Gasteiger partial charge in [-0.2, -0.15) is 0 Å². The van der Waals surface area contributed by atoms with Crippen LogP contribution in [0.5, 0.6) is 11.5 Å². The number of amides is 1. The van der Waals surface area contributed by atoms with Gasteiger partial charge >= 0.3 is 0 Å². The number of rotatable bonds is 7. The maximum absolute atomic E-state index is 12.6. The lowest BCUT2D eigenvalue weighted by atomic mass is 10.0. The van der Waals surface area contributed by atoms with E-state index in [1.807, 2.05) is 17.0 Å². The molecule has 0 N–H and O–H groups in total. The van der Waals surface area contributed by atoms with Crippen molar-refractivity contribution in [3.8, 4) is 11.5 Å². The molecule has 2 aliphatic heterocycles. The van der Waals surface area contributed by atoms with Crippen LogP contribution < -0.4 is 9.47 Å². The molecule has 1 aromatic carbocycles. The van der Waals surface area contributed by atoms with Gasteiger partial charge in [-0.25, -0.2) is 4.98 Å². The van der Waals surface area contributed by atoms with E-state index in [1.54, 1.807) is 0 Å². The largest absolute Gasteiger partial charge is 0.454 e. The van der Waals surface area contributed by atoms with Gasteiger partial charge in [-0.05, 0) is 43.4 Å². The molecule has 1 amide bonds. The van der Waals surface area contributed by atoms with Crippen molar-refractivity contribution < 1.29 is 18.7 Å². The second kappa shape index (κ2) is 8.45. The van der Waals surface area contributed by atoms with Gasteiger partial charge in [0.1, 0.15) is 6.26 Å². The molecule has 1 atom stereocenters. The zero-order valence-corrected chi connectivity index (χ0v) is 17.4. The lowest BCUT2D eigenvalue weighted by Gasteiger charge is -2.30. The van der Waals surface area contributed by atoms with Crippen molar-refractivity contribution in [1.82, 2.24) is 14.8 Å². The zero-order chi connectivity index (χ0) is 20.4. The molecular weight excluding hydrogens is 370 g/mol. The van der Waals surface area contributed by atoms with Crippen molar-refractivity contribution in [2.75, 3.05) is 19.9 Å². The van der Waals surface area contributed by atoms with Gasteiger partial charge in [-0.3, -0.25) is 9.69 Å². The summed E-state index contributed by atoms with van der Waals surface area (Å²) in [7, 11) is 0. The van der Waals surface area contributed by atoms with Gasteiger partial charge in [0.05, 0.1) is 6.54 Å². The van der Waals surface area contributed by atoms with Crippen LogP contribution in [0.25, 0.3) is 0 Å². The Morgan fingerprint density at radius 1 is 1.14 bits per heavy atom. The number of benzene rings is 1. The number of hydrogen-bond acceptors (Lipinski definition) is 6. The van der Waals surface area contributed by atoms with Crippen LogP contribution in [0.3, 0.4) is 0 Å². The minimum absolute atomic E-state index is 0.0308. The van der Waals surface area contributed by atoms with Crippen LogP contribution in [0, 0.1) is 5.92 Å². The molecule has 2 aromatic rings. The van der Waals surface area contributed by atoms with E-state index < -0.39 is 0 Å². The second-order valence-electron chi connectivity index (χ2n) is 8.20. The maximum Gasteiger partial charge on any atom is 0.275 e. The summed E-state index contributed by atoms with van der Waals surface area (Å²) in [5, 5.41) is 0. The first-order valence-corrected chi connectivity index (χ1v) is 10.4. The molecule has 7 heteroatoms. The average Bonchev–Trinajstić information content (AvgIpc) is 3.46. The summed E-state index contributed by atoms with van der Waals surface area (Å²) in [6, 6.07) is 6.35. The molecule has 29 heavy (non-hydrogen) atoms. The maximum atomic E-state index is 12.6. The van der Waals surface area contributed by atoms with E-state index in [-0.39, 0.29) is 12.7 Å². The number of likely N-dealkylation sites (tertiary alicyclic amines) is 1. The molecule has 156 valence electrons. The summed E-state index contributed by atoms with van der Waals surface area (Å²) < 4.78 is 16.6. The van der Waals surface area contributed by atoms with Gasteiger partial charge in [-0.15, -0.1) is 0 Å². The molecule has 0 bridgehead atoms. The van der Waals surface area contributed by atoms with Gasteiger partial charge in [0.15, 0.2) is 17.2 Å². The summed E-state index contributed by atoms with van der Waals surface area (Å²) in [5.74, 6) is 2.58. The van der Waals surface area contributed by atoms with Crippen LogP contribution in [0.15, 0.2) is 28.9 Å². The summed E-state index contributed by atoms with van der Waals surface area (Å²) in [5.41, 5.74) is 1.55. The first-order valence-electron chi connectivity index (χ1n) is 10.4. The third kappa shape index (κ3) is 4.40. The fourth-order valence-corrected chi connectivity index (χ4v) is 3.78. The minimum Gasteiger partial charge on any atom is -0.454 e. The lowest BCUT2D eigenvalue weighted by Crippen LogP contribution is -2.36. The SMILES string of the molecule is CC(C)C(C)N(Cc1ccc2c(c1)OCO2)Cc1nc(C(=O)N2CCCC2)co1. The highest BCUT2D eigenvalue weighted by atomic mass is 16.7. The molecule has 0 aliphatic carbocycles. The highest BCUT2D eigenvalue weighted by Crippen LogP contribution is 2.33. The monoisotopic (exact) mass is 399 g/mol. The van der Waals surface area contributed by atoms with Crippen molar-refractivity contribution in [3.63, 3.8) is 0 Å². The molecule has 3 heterocycles. The zero-order valence-electron chi connectivity index (χ0n) is 17.4. The Morgan fingerprint density at radius 2 is 1.90 bits per heavy atom. The molecule has 1 aromatic heterocycles. The fraction of sp³-hybridized carbons (Fsp3) is 0.545. The van der Waals surface area contributed by atoms with Gasteiger partial charge in [0, 0.05) is 25.7 Å². The van der Waals surface area contributed by atoms with E-state index in [0.29, 0.717) is 30.1 Å². The van der Waals surface area contributed by atoms with Crippen molar-refractivity contribution in [2.45, 2.75) is 52.7 Å². The smallest absolute Gasteiger partial charge is 0.275 e. The summed E-state index contributed by atoms with van der Waals surface area (Å²) >= 11 is 0. The fourth-order valence-electron chi connectivity index (χ4n) is 3.78. The minimum atomic E-state index is -0.0308. The van der Waals surface area contributed by atoms with Crippen molar-refractivity contribution in [1.29, 1.82) is 0 Å². The lowest BCUT2D eigenvalue weighted by molar-refractivity contribution is 0.0786. The highest BCUT2D eigenvalue weighted by molar-refractivity contribution is 5.92. The molecular formula is C22H29N3O4. The number of oxazole rings is 1. The topological polar surface area (TPSA) is 68.0 Å². The van der Waals surface area contributed by atoms with E-state index in [2.05, 4.69) is 36.7 Å². The number of carbonyl (C=O) groups excluding carboxylic acids is 1. The van der Waals surface area contributed by atoms with Crippen LogP contribution in [0.2, 0.25) is 0 Å². The van der Waals surface area contributed by atoms with Crippen molar-refractivity contribution >= 4 is 5.91 Å². The predicted octanol–water partition coefficient (Wildman–Crippen LogP) is 3.69. The first-order chi connectivity index (χ1) is 14.0. The molecule has 0 spiro atoms. The van der Waals surface area contributed by atoms with Crippen LogP contribution >= 0.6 is 0 Å². The number of hydrogen-bond donors (Lipinski definition) is 0. The Bertz CT molecular complexity index is 857. The number of ether oxygens (including phenoxy) is 2. The normalized spacial score (nSPS) is 16.8. The molecule has 1 unspecified atom stereocenters. The van der Waals surface area contributed by atoms with Gasteiger partial charge in [0.2, 0.25) is 12.7 Å². The third-order valence-electron chi connectivity index (χ3n) is 5.87. The number of fused-ring (bicyclic) bond motifs is 1. The van der Waals surface area contributed by atoms with E-state index >= 15 is 0 Å². The highest BCUT2D eigenvalue weighted by Gasteiger charge is 2.25. The Morgan fingerprint density at radius 3 is 2.66 bits per heavy atom. The second-order valence-corrected chi connectivity index (χ2v) is 8.20. The van der Waals surface area contributed by atoms with Gasteiger partial charge < -0.3 is 18.8 Å². The summed E-state index contributed by atoms with van der Waals surface area (Å²) in [6.07, 6.45) is 3.62. The van der Waals surface area contributed by atoms with Crippen LogP contribution in [0.4, 0.5) is 0 Å².